The number of piperidine rings is 1. The minimum Gasteiger partial charge on any atom is -0.379 e. The van der Waals surface area contributed by atoms with Crippen LogP contribution in [0.1, 0.15) is 61.6 Å². The normalized spacial score (nSPS) is 26.2. The van der Waals surface area contributed by atoms with E-state index in [1.165, 1.54) is 73.8 Å². The van der Waals surface area contributed by atoms with Crippen LogP contribution in [0.2, 0.25) is 0 Å². The molecule has 3 aliphatic rings. The molecule has 0 bridgehead atoms. The van der Waals surface area contributed by atoms with Crippen molar-refractivity contribution in [3.05, 3.63) is 35.1 Å². The average Bonchev–Trinajstić information content (AvgIpc) is 3.52. The number of pyridine rings is 1. The minimum atomic E-state index is 0.603. The van der Waals surface area contributed by atoms with Crippen LogP contribution >= 0.6 is 11.3 Å². The molecule has 0 unspecified atom stereocenters. The van der Waals surface area contributed by atoms with E-state index in [2.05, 4.69) is 45.7 Å². The maximum atomic E-state index is 5.54. The number of morpholine rings is 1. The predicted octanol–water partition coefficient (Wildman–Crippen LogP) is 4.85. The summed E-state index contributed by atoms with van der Waals surface area (Å²) in [7, 11) is 2.22. The van der Waals surface area contributed by atoms with E-state index in [0.717, 1.165) is 43.0 Å². The number of likely N-dealkylation sites (tertiary alicyclic amines) is 1. The Hall–Kier alpha value is -1.80. The van der Waals surface area contributed by atoms with Crippen molar-refractivity contribution in [3.63, 3.8) is 0 Å². The smallest absolute Gasteiger partial charge is 0.137 e. The van der Waals surface area contributed by atoms with Crippen molar-refractivity contribution in [3.8, 4) is 10.6 Å². The lowest BCUT2D eigenvalue weighted by molar-refractivity contribution is 0.00729. The van der Waals surface area contributed by atoms with Crippen molar-refractivity contribution in [2.24, 2.45) is 0 Å². The van der Waals surface area contributed by atoms with Crippen molar-refractivity contribution in [1.29, 1.82) is 0 Å². The maximum Gasteiger partial charge on any atom is 0.137 e. The fraction of sp³-hybridized carbons (Fsp3) is 0.615. The first kappa shape index (κ1) is 21.7. The molecule has 1 N–H and O–H groups in total. The molecular formula is C26H35N5OS. The van der Waals surface area contributed by atoms with E-state index in [9.17, 15) is 0 Å². The first-order valence-corrected chi connectivity index (χ1v) is 13.6. The molecule has 2 aliphatic heterocycles. The first-order chi connectivity index (χ1) is 16.2. The average molecular weight is 466 g/mol. The number of ether oxygens (including phenoxy) is 1. The number of fused-ring (bicyclic) bond motifs is 1. The van der Waals surface area contributed by atoms with Gasteiger partial charge in [0, 0.05) is 53.8 Å². The molecule has 1 aliphatic carbocycles. The Morgan fingerprint density at radius 2 is 1.79 bits per heavy atom. The second kappa shape index (κ2) is 9.45. The van der Waals surface area contributed by atoms with Gasteiger partial charge in [0.15, 0.2) is 0 Å². The van der Waals surface area contributed by atoms with Crippen LogP contribution in [0.15, 0.2) is 23.8 Å². The Morgan fingerprint density at radius 3 is 2.58 bits per heavy atom. The molecule has 33 heavy (non-hydrogen) atoms. The lowest BCUT2D eigenvalue weighted by Crippen LogP contribution is -2.44. The summed E-state index contributed by atoms with van der Waals surface area (Å²) in [5, 5.41) is 4.64. The number of rotatable bonds is 4. The van der Waals surface area contributed by atoms with Crippen LogP contribution in [0, 0.1) is 0 Å². The van der Waals surface area contributed by atoms with E-state index in [0.29, 0.717) is 11.8 Å². The van der Waals surface area contributed by atoms with E-state index in [1.807, 2.05) is 0 Å². The second-order valence-corrected chi connectivity index (χ2v) is 11.0. The summed E-state index contributed by atoms with van der Waals surface area (Å²) in [4.78, 5) is 18.4. The third-order valence-electron chi connectivity index (χ3n) is 8.17. The summed E-state index contributed by atoms with van der Waals surface area (Å²) in [6.45, 7) is 6.34. The molecule has 176 valence electrons. The molecule has 2 saturated heterocycles. The first-order valence-electron chi connectivity index (χ1n) is 12.7. The number of aromatic nitrogens is 3. The highest BCUT2D eigenvalue weighted by Gasteiger charge is 2.28. The molecule has 5 heterocycles. The van der Waals surface area contributed by atoms with Crippen LogP contribution in [-0.4, -0.2) is 77.2 Å². The molecule has 3 fully saturated rings. The van der Waals surface area contributed by atoms with Gasteiger partial charge in [0.05, 0.1) is 18.9 Å². The number of H-pyrrole nitrogens is 1. The molecular weight excluding hydrogens is 430 g/mol. The topological polar surface area (TPSA) is 57.3 Å². The number of aromatic amines is 1. The molecule has 3 aromatic rings. The summed E-state index contributed by atoms with van der Waals surface area (Å²) < 4.78 is 5.54. The number of thiazole rings is 1. The van der Waals surface area contributed by atoms with Crippen LogP contribution in [-0.2, 0) is 4.74 Å². The maximum absolute atomic E-state index is 5.54. The van der Waals surface area contributed by atoms with Crippen molar-refractivity contribution >= 4 is 22.4 Å². The van der Waals surface area contributed by atoms with Crippen molar-refractivity contribution in [2.75, 3.05) is 46.4 Å². The number of hydrogen-bond acceptors (Lipinski definition) is 6. The third kappa shape index (κ3) is 4.48. The lowest BCUT2D eigenvalue weighted by Gasteiger charge is -2.38. The van der Waals surface area contributed by atoms with Gasteiger partial charge in [-0.1, -0.05) is 0 Å². The highest BCUT2D eigenvalue weighted by Crippen LogP contribution is 2.38. The summed E-state index contributed by atoms with van der Waals surface area (Å²) in [6, 6.07) is 3.13. The second-order valence-electron chi connectivity index (χ2n) is 10.2. The van der Waals surface area contributed by atoms with Gasteiger partial charge < -0.3 is 14.6 Å². The van der Waals surface area contributed by atoms with Gasteiger partial charge in [-0.05, 0) is 76.2 Å². The number of nitrogens with zero attached hydrogens (tertiary/aromatic N) is 4. The van der Waals surface area contributed by atoms with Crippen LogP contribution < -0.4 is 0 Å². The number of hydrogen-bond donors (Lipinski definition) is 1. The fourth-order valence-corrected chi connectivity index (χ4v) is 6.97. The van der Waals surface area contributed by atoms with Crippen LogP contribution in [0.3, 0.4) is 0 Å². The van der Waals surface area contributed by atoms with Crippen molar-refractivity contribution in [2.45, 2.75) is 56.4 Å². The molecule has 0 atom stereocenters. The Balaban J connectivity index is 1.18. The van der Waals surface area contributed by atoms with Crippen molar-refractivity contribution < 1.29 is 4.74 Å². The quantitative estimate of drug-likeness (QED) is 0.597. The van der Waals surface area contributed by atoms with E-state index < -0.39 is 0 Å². The van der Waals surface area contributed by atoms with Gasteiger partial charge in [-0.2, -0.15) is 0 Å². The molecule has 0 amide bonds. The molecule has 0 spiro atoms. The zero-order chi connectivity index (χ0) is 22.2. The standard InChI is InChI=1S/C26H35N5OS/c1-30-8-6-19(7-9-30)24-17-33-26(29-24)23-16-28-25-22(23)14-20(15-27-25)18-2-4-21(5-3-18)31-10-12-32-13-11-31/h14-19,21H,2-13H2,1H3,(H,27,28)/t18-,21+. The minimum absolute atomic E-state index is 0.603. The molecule has 0 aromatic carbocycles. The Morgan fingerprint density at radius 1 is 1.00 bits per heavy atom. The molecule has 6 rings (SSSR count). The van der Waals surface area contributed by atoms with Crippen molar-refractivity contribution in [1.82, 2.24) is 24.8 Å². The summed E-state index contributed by atoms with van der Waals surface area (Å²) in [5.41, 5.74) is 4.87. The molecule has 3 aromatic heterocycles. The van der Waals surface area contributed by atoms with Gasteiger partial charge in [-0.15, -0.1) is 11.3 Å². The predicted molar refractivity (Wildman–Crippen MR) is 134 cm³/mol. The van der Waals surface area contributed by atoms with E-state index in [1.54, 1.807) is 11.3 Å². The van der Waals surface area contributed by atoms with Gasteiger partial charge in [0.1, 0.15) is 10.7 Å². The molecule has 6 nitrogen and oxygen atoms in total. The van der Waals surface area contributed by atoms with E-state index in [4.69, 9.17) is 14.7 Å². The highest BCUT2D eigenvalue weighted by atomic mass is 32.1. The number of nitrogens with one attached hydrogen (secondary N) is 1. The van der Waals surface area contributed by atoms with E-state index in [-0.39, 0.29) is 0 Å². The summed E-state index contributed by atoms with van der Waals surface area (Å²) >= 11 is 1.79. The molecule has 7 heteroatoms. The fourth-order valence-electron chi connectivity index (χ4n) is 6.04. The monoisotopic (exact) mass is 465 g/mol. The Labute approximate surface area is 200 Å². The Bertz CT molecular complexity index is 1070. The van der Waals surface area contributed by atoms with Gasteiger partial charge in [0.25, 0.3) is 0 Å². The van der Waals surface area contributed by atoms with E-state index >= 15 is 0 Å². The van der Waals surface area contributed by atoms with Gasteiger partial charge in [-0.25, -0.2) is 9.97 Å². The SMILES string of the molecule is CN1CCC(c2csc(-c3c[nH]c4ncc([C@H]5CC[C@@H](N6CCOCC6)CC5)cc34)n2)CC1. The summed E-state index contributed by atoms with van der Waals surface area (Å²) in [6.07, 6.45) is 11.7. The van der Waals surface area contributed by atoms with Gasteiger partial charge in [-0.3, -0.25) is 4.90 Å². The third-order valence-corrected chi connectivity index (χ3v) is 9.07. The van der Waals surface area contributed by atoms with Gasteiger partial charge >= 0.3 is 0 Å². The van der Waals surface area contributed by atoms with Crippen LogP contribution in [0.4, 0.5) is 0 Å². The summed E-state index contributed by atoms with van der Waals surface area (Å²) in [5.74, 6) is 1.22. The molecule has 0 radical (unpaired) electrons. The zero-order valence-electron chi connectivity index (χ0n) is 19.6. The van der Waals surface area contributed by atoms with Crippen LogP contribution in [0.5, 0.6) is 0 Å². The Kier molecular flexibility index (Phi) is 6.22. The highest BCUT2D eigenvalue weighted by molar-refractivity contribution is 7.13. The zero-order valence-corrected chi connectivity index (χ0v) is 20.4. The molecule has 1 saturated carbocycles. The largest absolute Gasteiger partial charge is 0.379 e. The lowest BCUT2D eigenvalue weighted by atomic mass is 9.81. The van der Waals surface area contributed by atoms with Gasteiger partial charge in [0.2, 0.25) is 0 Å². The van der Waals surface area contributed by atoms with Crippen LogP contribution in [0.25, 0.3) is 21.6 Å².